The molecule has 0 aliphatic rings. The third-order valence-electron chi connectivity index (χ3n) is 3.97. The molecule has 3 aromatic rings. The van der Waals surface area contributed by atoms with Gasteiger partial charge in [-0.05, 0) is 52.0 Å². The predicted molar refractivity (Wildman–Crippen MR) is 108 cm³/mol. The van der Waals surface area contributed by atoms with E-state index >= 15 is 0 Å². The molecular weight excluding hydrogens is 399 g/mol. The molecule has 1 N–H and O–H groups in total. The Morgan fingerprint density at radius 1 is 1.31 bits per heavy atom. The lowest BCUT2D eigenvalue weighted by Crippen LogP contribution is -2.37. The number of hydrogen-bond donors (Lipinski definition) is 1. The molecule has 0 bridgehead atoms. The minimum absolute atomic E-state index is 0.0521. The van der Waals surface area contributed by atoms with Crippen molar-refractivity contribution in [1.82, 2.24) is 19.9 Å². The normalized spacial score (nSPS) is 12.6. The molecule has 1 unspecified atom stereocenters. The highest BCUT2D eigenvalue weighted by Crippen LogP contribution is 2.25. The van der Waals surface area contributed by atoms with Gasteiger partial charge in [0.05, 0.1) is 28.3 Å². The van der Waals surface area contributed by atoms with Crippen LogP contribution in [0.2, 0.25) is 5.02 Å². The number of ether oxygens (including phenoxy) is 1. The van der Waals surface area contributed by atoms with E-state index in [1.165, 1.54) is 16.8 Å². The van der Waals surface area contributed by atoms with Crippen molar-refractivity contribution in [2.24, 2.45) is 0 Å². The maximum atomic E-state index is 14.4. The molecule has 29 heavy (non-hydrogen) atoms. The molecule has 3 rings (SSSR count). The third kappa shape index (κ3) is 4.37. The fraction of sp³-hybridized carbons (Fsp3) is 0.300. The second kappa shape index (κ2) is 7.79. The van der Waals surface area contributed by atoms with Crippen LogP contribution >= 0.6 is 11.6 Å². The molecule has 2 heterocycles. The van der Waals surface area contributed by atoms with Crippen LogP contribution in [0.15, 0.2) is 41.5 Å². The number of rotatable bonds is 3. The summed E-state index contributed by atoms with van der Waals surface area (Å²) in [4.78, 5) is 33.8. The topological polar surface area (TPSA) is 86.1 Å². The van der Waals surface area contributed by atoms with Gasteiger partial charge in [-0.15, -0.1) is 0 Å². The van der Waals surface area contributed by atoms with E-state index in [9.17, 15) is 14.0 Å². The molecule has 0 saturated carbocycles. The minimum atomic E-state index is -0.777. The first-order chi connectivity index (χ1) is 13.6. The summed E-state index contributed by atoms with van der Waals surface area (Å²) in [5.74, 6) is -0.576. The highest BCUT2D eigenvalue weighted by molar-refractivity contribution is 6.35. The Morgan fingerprint density at radius 3 is 2.66 bits per heavy atom. The molecule has 9 heteroatoms. The molecule has 0 aliphatic heterocycles. The van der Waals surface area contributed by atoms with Gasteiger partial charge in [-0.3, -0.25) is 14.3 Å². The van der Waals surface area contributed by atoms with Gasteiger partial charge in [-0.1, -0.05) is 11.6 Å². The van der Waals surface area contributed by atoms with E-state index in [4.69, 9.17) is 16.3 Å². The van der Waals surface area contributed by atoms with E-state index in [1.807, 2.05) is 0 Å². The average molecular weight is 419 g/mol. The lowest BCUT2D eigenvalue weighted by Gasteiger charge is -2.23. The highest BCUT2D eigenvalue weighted by atomic mass is 35.5. The number of benzene rings is 1. The molecule has 0 fully saturated rings. The summed E-state index contributed by atoms with van der Waals surface area (Å²) in [5, 5.41) is 2.66. The Kier molecular flexibility index (Phi) is 5.57. The van der Waals surface area contributed by atoms with Crippen LogP contribution in [-0.2, 0) is 4.74 Å². The first kappa shape index (κ1) is 20.7. The Balaban J connectivity index is 2.21. The molecule has 1 atom stereocenters. The zero-order valence-corrected chi connectivity index (χ0v) is 17.1. The van der Waals surface area contributed by atoms with E-state index in [1.54, 1.807) is 46.0 Å². The third-order valence-corrected chi connectivity index (χ3v) is 4.29. The van der Waals surface area contributed by atoms with Gasteiger partial charge in [0.25, 0.3) is 5.56 Å². The van der Waals surface area contributed by atoms with Crippen molar-refractivity contribution < 1.29 is 13.9 Å². The molecule has 0 saturated heterocycles. The van der Waals surface area contributed by atoms with Crippen molar-refractivity contribution >= 4 is 28.6 Å². The molecule has 7 nitrogen and oxygen atoms in total. The Morgan fingerprint density at radius 2 is 2.03 bits per heavy atom. The van der Waals surface area contributed by atoms with Crippen LogP contribution in [0, 0.1) is 5.82 Å². The van der Waals surface area contributed by atoms with Crippen LogP contribution < -0.4 is 10.9 Å². The van der Waals surface area contributed by atoms with Gasteiger partial charge in [-0.25, -0.2) is 14.2 Å². The zero-order chi connectivity index (χ0) is 21.3. The quantitative estimate of drug-likeness (QED) is 0.690. The highest BCUT2D eigenvalue weighted by Gasteiger charge is 2.24. The van der Waals surface area contributed by atoms with Gasteiger partial charge < -0.3 is 10.1 Å². The Bertz CT molecular complexity index is 1130. The predicted octanol–water partition coefficient (Wildman–Crippen LogP) is 4.16. The molecule has 0 radical (unpaired) electrons. The summed E-state index contributed by atoms with van der Waals surface area (Å²) in [7, 11) is 0. The summed E-state index contributed by atoms with van der Waals surface area (Å²) >= 11 is 6.16. The van der Waals surface area contributed by atoms with Gasteiger partial charge in [-0.2, -0.15) is 0 Å². The monoisotopic (exact) mass is 418 g/mol. The van der Waals surface area contributed by atoms with Crippen molar-refractivity contribution in [1.29, 1.82) is 0 Å². The second-order valence-corrected chi connectivity index (χ2v) is 7.85. The van der Waals surface area contributed by atoms with Gasteiger partial charge in [0.1, 0.15) is 22.8 Å². The number of pyridine rings is 1. The number of hydrogen-bond acceptors (Lipinski definition) is 5. The zero-order valence-electron chi connectivity index (χ0n) is 16.4. The molecule has 0 spiro atoms. The van der Waals surface area contributed by atoms with Gasteiger partial charge in [0.15, 0.2) is 0 Å². The number of halogens is 2. The van der Waals surface area contributed by atoms with Gasteiger partial charge in [0.2, 0.25) is 0 Å². The molecule has 2 aromatic heterocycles. The summed E-state index contributed by atoms with van der Waals surface area (Å²) < 4.78 is 20.9. The second-order valence-electron chi connectivity index (χ2n) is 7.44. The number of carbonyl (C=O) groups excluding carboxylic acids is 1. The van der Waals surface area contributed by atoms with Crippen molar-refractivity contribution in [3.05, 3.63) is 63.7 Å². The first-order valence-electron chi connectivity index (χ1n) is 8.89. The number of nitrogens with zero attached hydrogens (tertiary/aromatic N) is 3. The van der Waals surface area contributed by atoms with Crippen molar-refractivity contribution in [3.63, 3.8) is 0 Å². The van der Waals surface area contributed by atoms with E-state index in [0.717, 1.165) is 6.07 Å². The fourth-order valence-corrected chi connectivity index (χ4v) is 3.04. The van der Waals surface area contributed by atoms with E-state index < -0.39 is 29.1 Å². The summed E-state index contributed by atoms with van der Waals surface area (Å²) in [6, 6.07) is 4.97. The number of amides is 1. The smallest absolute Gasteiger partial charge is 0.408 e. The summed E-state index contributed by atoms with van der Waals surface area (Å²) in [5.41, 5.74) is -1.04. The lowest BCUT2D eigenvalue weighted by molar-refractivity contribution is 0.0505. The van der Waals surface area contributed by atoms with Crippen LogP contribution in [0.1, 0.15) is 39.6 Å². The number of aromatic nitrogens is 3. The Hall–Kier alpha value is -3.00. The number of fused-ring (bicyclic) bond motifs is 1. The summed E-state index contributed by atoms with van der Waals surface area (Å²) in [6.07, 6.45) is 2.33. The van der Waals surface area contributed by atoms with Crippen LogP contribution in [0.25, 0.3) is 16.6 Å². The van der Waals surface area contributed by atoms with E-state index in [2.05, 4.69) is 15.3 Å². The van der Waals surface area contributed by atoms with Gasteiger partial charge >= 0.3 is 6.09 Å². The lowest BCUT2D eigenvalue weighted by atomic mass is 10.2. The largest absolute Gasteiger partial charge is 0.444 e. The van der Waals surface area contributed by atoms with E-state index in [-0.39, 0.29) is 21.7 Å². The van der Waals surface area contributed by atoms with Crippen molar-refractivity contribution in [2.45, 2.75) is 39.3 Å². The molecule has 1 amide bonds. The maximum absolute atomic E-state index is 14.4. The van der Waals surface area contributed by atoms with Crippen LogP contribution in [0.3, 0.4) is 0 Å². The van der Waals surface area contributed by atoms with Crippen LogP contribution in [0.4, 0.5) is 9.18 Å². The Labute approximate surface area is 171 Å². The van der Waals surface area contributed by atoms with Crippen molar-refractivity contribution in [3.8, 4) is 5.69 Å². The van der Waals surface area contributed by atoms with Crippen molar-refractivity contribution in [2.75, 3.05) is 0 Å². The van der Waals surface area contributed by atoms with Crippen LogP contribution in [0.5, 0.6) is 0 Å². The van der Waals surface area contributed by atoms with E-state index in [0.29, 0.717) is 5.69 Å². The molecule has 152 valence electrons. The number of alkyl carbamates (subject to hydrolysis) is 1. The number of nitrogens with one attached hydrogen (secondary N) is 1. The average Bonchev–Trinajstić information content (AvgIpc) is 2.63. The standard InChI is InChI=1S/C20H20ClFN4O3/c1-11(24-19(28)29-20(2,3)4)17-25-16-14(22)8-7-13(21)15(16)18(27)26(17)12-6-5-9-23-10-12/h5-11H,1-4H3,(H,24,28). The first-order valence-corrected chi connectivity index (χ1v) is 9.27. The SMILES string of the molecule is CC(NC(=O)OC(C)(C)C)c1nc2c(F)ccc(Cl)c2c(=O)n1-c1cccnc1. The molecule has 0 aliphatic carbocycles. The molecular formula is C20H20ClFN4O3. The van der Waals surface area contributed by atoms with Gasteiger partial charge in [0, 0.05) is 6.20 Å². The number of carbonyl (C=O) groups is 1. The maximum Gasteiger partial charge on any atom is 0.408 e. The summed E-state index contributed by atoms with van der Waals surface area (Å²) in [6.45, 7) is 6.81. The minimum Gasteiger partial charge on any atom is -0.444 e. The van der Waals surface area contributed by atoms with Crippen LogP contribution in [-0.4, -0.2) is 26.2 Å². The fourth-order valence-electron chi connectivity index (χ4n) is 2.81. The molecule has 1 aromatic carbocycles.